The summed E-state index contributed by atoms with van der Waals surface area (Å²) in [5.74, 6) is -1.32. The Morgan fingerprint density at radius 1 is 1.00 bits per heavy atom. The molecule has 0 radical (unpaired) electrons. The van der Waals surface area contributed by atoms with Crippen LogP contribution in [0.2, 0.25) is 0 Å². The van der Waals surface area contributed by atoms with Crippen molar-refractivity contribution in [2.24, 2.45) is 11.0 Å². The van der Waals surface area contributed by atoms with Gasteiger partial charge in [0.25, 0.3) is 5.91 Å². The smallest absolute Gasteiger partial charge is 0.264 e. The van der Waals surface area contributed by atoms with Crippen LogP contribution in [0.4, 0.5) is 5.69 Å². The SMILES string of the molecule is CC(=O)C1C(=O)N(c2ccccc2)N=C1c1ccccc1. The van der Waals surface area contributed by atoms with E-state index in [1.165, 1.54) is 11.9 Å². The Morgan fingerprint density at radius 3 is 2.14 bits per heavy atom. The zero-order chi connectivity index (χ0) is 14.8. The zero-order valence-corrected chi connectivity index (χ0v) is 11.6. The van der Waals surface area contributed by atoms with E-state index in [1.807, 2.05) is 48.5 Å². The van der Waals surface area contributed by atoms with Crippen molar-refractivity contribution in [3.05, 3.63) is 66.2 Å². The van der Waals surface area contributed by atoms with Crippen molar-refractivity contribution < 1.29 is 9.59 Å². The number of hydrazone groups is 1. The lowest BCUT2D eigenvalue weighted by molar-refractivity contribution is -0.127. The fraction of sp³-hybridized carbons (Fsp3) is 0.118. The van der Waals surface area contributed by atoms with Crippen molar-refractivity contribution in [3.8, 4) is 0 Å². The van der Waals surface area contributed by atoms with E-state index in [1.54, 1.807) is 12.1 Å². The number of amides is 1. The highest BCUT2D eigenvalue weighted by Gasteiger charge is 2.40. The van der Waals surface area contributed by atoms with Crippen molar-refractivity contribution in [2.45, 2.75) is 6.92 Å². The molecule has 2 aromatic carbocycles. The van der Waals surface area contributed by atoms with Crippen molar-refractivity contribution in [2.75, 3.05) is 5.01 Å². The highest BCUT2D eigenvalue weighted by molar-refractivity contribution is 6.31. The average molecular weight is 278 g/mol. The van der Waals surface area contributed by atoms with E-state index >= 15 is 0 Å². The van der Waals surface area contributed by atoms with E-state index in [0.717, 1.165) is 5.56 Å². The molecule has 0 saturated heterocycles. The standard InChI is InChI=1S/C17H14N2O2/c1-12(20)15-16(13-8-4-2-5-9-13)18-19(17(15)21)14-10-6-3-7-11-14/h2-11,15H,1H3. The predicted octanol–water partition coefficient (Wildman–Crippen LogP) is 2.64. The highest BCUT2D eigenvalue weighted by Crippen LogP contribution is 2.27. The third-order valence-electron chi connectivity index (χ3n) is 3.41. The van der Waals surface area contributed by atoms with Gasteiger partial charge in [-0.2, -0.15) is 10.1 Å². The number of ketones is 1. The van der Waals surface area contributed by atoms with Gasteiger partial charge in [-0.05, 0) is 24.6 Å². The van der Waals surface area contributed by atoms with Gasteiger partial charge in [-0.25, -0.2) is 0 Å². The normalized spacial score (nSPS) is 17.8. The summed E-state index contributed by atoms with van der Waals surface area (Å²) < 4.78 is 0. The van der Waals surface area contributed by atoms with Crippen molar-refractivity contribution in [3.63, 3.8) is 0 Å². The van der Waals surface area contributed by atoms with Gasteiger partial charge in [-0.3, -0.25) is 9.59 Å². The number of benzene rings is 2. The van der Waals surface area contributed by atoms with Crippen LogP contribution in [0.25, 0.3) is 0 Å². The van der Waals surface area contributed by atoms with Gasteiger partial charge < -0.3 is 0 Å². The molecule has 2 aromatic rings. The topological polar surface area (TPSA) is 49.7 Å². The van der Waals surface area contributed by atoms with Crippen LogP contribution < -0.4 is 5.01 Å². The average Bonchev–Trinajstić information content (AvgIpc) is 2.87. The Kier molecular flexibility index (Phi) is 3.36. The van der Waals surface area contributed by atoms with Crippen molar-refractivity contribution in [1.29, 1.82) is 0 Å². The zero-order valence-electron chi connectivity index (χ0n) is 11.6. The third-order valence-corrected chi connectivity index (χ3v) is 3.41. The molecule has 0 spiro atoms. The van der Waals surface area contributed by atoms with Gasteiger partial charge in [0.15, 0.2) is 0 Å². The van der Waals surface area contributed by atoms with Crippen LogP contribution in [-0.2, 0) is 9.59 Å². The predicted molar refractivity (Wildman–Crippen MR) is 81.1 cm³/mol. The fourth-order valence-electron chi connectivity index (χ4n) is 2.41. The van der Waals surface area contributed by atoms with E-state index in [0.29, 0.717) is 11.4 Å². The van der Waals surface area contributed by atoms with Crippen molar-refractivity contribution >= 4 is 23.1 Å². The molecular weight excluding hydrogens is 264 g/mol. The lowest BCUT2D eigenvalue weighted by atomic mass is 9.93. The minimum Gasteiger partial charge on any atom is -0.299 e. The molecule has 0 aliphatic carbocycles. The number of Topliss-reactive ketones (excluding diaryl/α,β-unsaturated/α-hetero) is 1. The molecule has 1 unspecified atom stereocenters. The lowest BCUT2D eigenvalue weighted by Crippen LogP contribution is -2.32. The maximum atomic E-state index is 12.5. The van der Waals surface area contributed by atoms with Gasteiger partial charge in [0, 0.05) is 0 Å². The molecule has 1 atom stereocenters. The number of para-hydroxylation sites is 1. The number of anilines is 1. The molecule has 1 aliphatic rings. The largest absolute Gasteiger partial charge is 0.299 e. The Morgan fingerprint density at radius 2 is 1.57 bits per heavy atom. The molecule has 104 valence electrons. The number of carbonyl (C=O) groups excluding carboxylic acids is 2. The van der Waals surface area contributed by atoms with Gasteiger partial charge in [-0.15, -0.1) is 0 Å². The second-order valence-corrected chi connectivity index (χ2v) is 4.88. The molecule has 4 heteroatoms. The van der Waals surface area contributed by atoms with Crippen LogP contribution in [0.1, 0.15) is 12.5 Å². The quantitative estimate of drug-likeness (QED) is 0.810. The number of rotatable bonds is 3. The molecule has 1 amide bonds. The van der Waals surface area contributed by atoms with E-state index in [4.69, 9.17) is 0 Å². The lowest BCUT2D eigenvalue weighted by Gasteiger charge is -2.12. The number of nitrogens with zero attached hydrogens (tertiary/aromatic N) is 2. The molecule has 0 bridgehead atoms. The Labute approximate surface area is 122 Å². The van der Waals surface area contributed by atoms with E-state index in [2.05, 4.69) is 5.10 Å². The molecule has 0 N–H and O–H groups in total. The van der Waals surface area contributed by atoms with E-state index < -0.39 is 5.92 Å². The number of carbonyl (C=O) groups is 2. The third kappa shape index (κ3) is 2.36. The van der Waals surface area contributed by atoms with Crippen LogP contribution in [0.15, 0.2) is 65.8 Å². The maximum Gasteiger partial charge on any atom is 0.264 e. The molecule has 0 fully saturated rings. The molecule has 0 saturated carbocycles. The molecule has 3 rings (SSSR count). The minimum absolute atomic E-state index is 0.193. The summed E-state index contributed by atoms with van der Waals surface area (Å²) in [5.41, 5.74) is 1.97. The van der Waals surface area contributed by atoms with Crippen LogP contribution in [0.5, 0.6) is 0 Å². The summed E-state index contributed by atoms with van der Waals surface area (Å²) in [5, 5.41) is 5.71. The van der Waals surface area contributed by atoms with Crippen LogP contribution in [-0.4, -0.2) is 17.4 Å². The summed E-state index contributed by atoms with van der Waals surface area (Å²) >= 11 is 0. The second kappa shape index (κ2) is 5.32. The summed E-state index contributed by atoms with van der Waals surface area (Å²) in [6, 6.07) is 18.5. The fourth-order valence-corrected chi connectivity index (χ4v) is 2.41. The molecule has 21 heavy (non-hydrogen) atoms. The minimum atomic E-state index is -0.826. The first kappa shape index (κ1) is 13.2. The van der Waals surface area contributed by atoms with Gasteiger partial charge in [-0.1, -0.05) is 48.5 Å². The first-order valence-corrected chi connectivity index (χ1v) is 6.72. The maximum absolute atomic E-state index is 12.5. The number of hydrogen-bond donors (Lipinski definition) is 0. The monoisotopic (exact) mass is 278 g/mol. The van der Waals surface area contributed by atoms with Gasteiger partial charge in [0.05, 0.1) is 11.4 Å². The second-order valence-electron chi connectivity index (χ2n) is 4.88. The van der Waals surface area contributed by atoms with E-state index in [-0.39, 0.29) is 11.7 Å². The Balaban J connectivity index is 2.07. The van der Waals surface area contributed by atoms with Crippen LogP contribution in [0.3, 0.4) is 0 Å². The summed E-state index contributed by atoms with van der Waals surface area (Å²) in [6.07, 6.45) is 0. The van der Waals surface area contributed by atoms with Crippen LogP contribution >= 0.6 is 0 Å². The molecular formula is C17H14N2O2. The van der Waals surface area contributed by atoms with Gasteiger partial charge in [0.2, 0.25) is 0 Å². The van der Waals surface area contributed by atoms with Crippen molar-refractivity contribution in [1.82, 2.24) is 0 Å². The first-order valence-electron chi connectivity index (χ1n) is 6.72. The summed E-state index contributed by atoms with van der Waals surface area (Å²) in [4.78, 5) is 24.4. The Hall–Kier alpha value is -2.75. The molecule has 1 heterocycles. The summed E-state index contributed by atoms with van der Waals surface area (Å²) in [7, 11) is 0. The summed E-state index contributed by atoms with van der Waals surface area (Å²) in [6.45, 7) is 1.43. The van der Waals surface area contributed by atoms with Gasteiger partial charge in [0.1, 0.15) is 11.7 Å². The molecule has 0 aromatic heterocycles. The number of hydrogen-bond acceptors (Lipinski definition) is 3. The Bertz CT molecular complexity index is 708. The molecule has 4 nitrogen and oxygen atoms in total. The van der Waals surface area contributed by atoms with Gasteiger partial charge >= 0.3 is 0 Å². The highest BCUT2D eigenvalue weighted by atomic mass is 16.2. The van der Waals surface area contributed by atoms with Crippen LogP contribution in [0, 0.1) is 5.92 Å². The molecule has 1 aliphatic heterocycles. The van der Waals surface area contributed by atoms with E-state index in [9.17, 15) is 9.59 Å². The first-order chi connectivity index (χ1) is 10.2.